The van der Waals surface area contributed by atoms with Crippen molar-refractivity contribution in [1.29, 1.82) is 0 Å². The van der Waals surface area contributed by atoms with Gasteiger partial charge in [-0.1, -0.05) is 57.0 Å². The lowest BCUT2D eigenvalue weighted by atomic mass is 9.96. The highest BCUT2D eigenvalue weighted by atomic mass is 35.5. The van der Waals surface area contributed by atoms with Crippen LogP contribution in [0, 0.1) is 0 Å². The number of nitrogens with two attached hydrogens (primary N) is 1. The average molecular weight is 283 g/mol. The van der Waals surface area contributed by atoms with E-state index in [1.54, 1.807) is 0 Å². The van der Waals surface area contributed by atoms with Crippen LogP contribution < -0.4 is 5.73 Å². The zero-order valence-electron chi connectivity index (χ0n) is 12.4. The van der Waals surface area contributed by atoms with Crippen molar-refractivity contribution in [2.75, 3.05) is 13.1 Å². The highest BCUT2D eigenvalue weighted by molar-refractivity contribution is 6.31. The molecule has 0 bridgehead atoms. The molecule has 0 amide bonds. The summed E-state index contributed by atoms with van der Waals surface area (Å²) in [4.78, 5) is 2.46. The van der Waals surface area contributed by atoms with Crippen LogP contribution >= 0.6 is 11.6 Å². The SMILES string of the molecule is CCCCN(CC)C(c1ccccc1Cl)C(N)CC. The van der Waals surface area contributed by atoms with Crippen molar-refractivity contribution in [3.63, 3.8) is 0 Å². The average Bonchev–Trinajstić information content (AvgIpc) is 2.44. The number of halogens is 1. The van der Waals surface area contributed by atoms with Crippen LogP contribution in [0.5, 0.6) is 0 Å². The predicted octanol–water partition coefficient (Wildman–Crippen LogP) is 4.24. The summed E-state index contributed by atoms with van der Waals surface area (Å²) >= 11 is 6.37. The molecule has 1 aromatic carbocycles. The molecule has 3 heteroatoms. The molecule has 0 heterocycles. The molecule has 0 saturated carbocycles. The quantitative estimate of drug-likeness (QED) is 0.773. The van der Waals surface area contributed by atoms with Crippen molar-refractivity contribution in [1.82, 2.24) is 4.90 Å². The first-order valence-corrected chi connectivity index (χ1v) is 7.77. The highest BCUT2D eigenvalue weighted by Gasteiger charge is 2.25. The van der Waals surface area contributed by atoms with Crippen molar-refractivity contribution in [2.45, 2.75) is 52.1 Å². The number of benzene rings is 1. The van der Waals surface area contributed by atoms with Gasteiger partial charge in [-0.2, -0.15) is 0 Å². The maximum absolute atomic E-state index is 6.37. The lowest BCUT2D eigenvalue weighted by Crippen LogP contribution is -2.41. The standard InChI is InChI=1S/C16H27ClN2/c1-4-7-12-19(6-3)16(15(18)5-2)13-10-8-9-11-14(13)17/h8-11,15-16H,4-7,12,18H2,1-3H3. The third-order valence-corrected chi connectivity index (χ3v) is 4.04. The molecule has 2 atom stereocenters. The van der Waals surface area contributed by atoms with E-state index in [2.05, 4.69) is 31.7 Å². The number of hydrogen-bond acceptors (Lipinski definition) is 2. The van der Waals surface area contributed by atoms with Crippen molar-refractivity contribution in [3.05, 3.63) is 34.9 Å². The number of nitrogens with zero attached hydrogens (tertiary/aromatic N) is 1. The van der Waals surface area contributed by atoms with E-state index in [1.165, 1.54) is 12.8 Å². The van der Waals surface area contributed by atoms with E-state index in [4.69, 9.17) is 17.3 Å². The van der Waals surface area contributed by atoms with Gasteiger partial charge < -0.3 is 5.73 Å². The first-order chi connectivity index (χ1) is 9.15. The molecule has 2 nitrogen and oxygen atoms in total. The molecule has 0 saturated heterocycles. The Kier molecular flexibility index (Phi) is 7.44. The van der Waals surface area contributed by atoms with Crippen LogP contribution in [-0.2, 0) is 0 Å². The van der Waals surface area contributed by atoms with E-state index in [9.17, 15) is 0 Å². The van der Waals surface area contributed by atoms with E-state index in [1.807, 2.05) is 18.2 Å². The molecular formula is C16H27ClN2. The number of hydrogen-bond donors (Lipinski definition) is 1. The largest absolute Gasteiger partial charge is 0.326 e. The Labute approximate surface area is 122 Å². The molecule has 0 aliphatic carbocycles. The lowest BCUT2D eigenvalue weighted by Gasteiger charge is -2.35. The molecule has 0 aliphatic heterocycles. The molecule has 1 rings (SSSR count). The molecule has 2 N–H and O–H groups in total. The minimum atomic E-state index is 0.122. The monoisotopic (exact) mass is 282 g/mol. The van der Waals surface area contributed by atoms with E-state index in [0.29, 0.717) is 0 Å². The van der Waals surface area contributed by atoms with Crippen molar-refractivity contribution in [2.24, 2.45) is 5.73 Å². The third kappa shape index (κ3) is 4.48. The second-order valence-electron chi connectivity index (χ2n) is 5.02. The Morgan fingerprint density at radius 2 is 1.89 bits per heavy atom. The van der Waals surface area contributed by atoms with Crippen LogP contribution in [0.25, 0.3) is 0 Å². The molecule has 2 unspecified atom stereocenters. The van der Waals surface area contributed by atoms with E-state index in [-0.39, 0.29) is 12.1 Å². The van der Waals surface area contributed by atoms with Gasteiger partial charge >= 0.3 is 0 Å². The summed E-state index contributed by atoms with van der Waals surface area (Å²) in [5, 5.41) is 0.825. The summed E-state index contributed by atoms with van der Waals surface area (Å²) in [5.74, 6) is 0. The summed E-state index contributed by atoms with van der Waals surface area (Å²) in [6.45, 7) is 8.64. The molecule has 1 aromatic rings. The molecule has 0 aromatic heterocycles. The zero-order valence-corrected chi connectivity index (χ0v) is 13.2. The number of rotatable bonds is 8. The van der Waals surface area contributed by atoms with Crippen molar-refractivity contribution < 1.29 is 0 Å². The Morgan fingerprint density at radius 3 is 2.42 bits per heavy atom. The van der Waals surface area contributed by atoms with Crippen LogP contribution in [0.15, 0.2) is 24.3 Å². The smallest absolute Gasteiger partial charge is 0.0513 e. The zero-order chi connectivity index (χ0) is 14.3. The number of unbranched alkanes of at least 4 members (excludes halogenated alkanes) is 1. The molecule has 108 valence electrons. The second kappa shape index (κ2) is 8.57. The molecule has 0 aliphatic rings. The fourth-order valence-electron chi connectivity index (χ4n) is 2.49. The summed E-state index contributed by atoms with van der Waals surface area (Å²) in [7, 11) is 0. The van der Waals surface area contributed by atoms with Crippen LogP contribution in [0.1, 0.15) is 51.6 Å². The van der Waals surface area contributed by atoms with Gasteiger partial charge in [0.25, 0.3) is 0 Å². The second-order valence-corrected chi connectivity index (χ2v) is 5.43. The summed E-state index contributed by atoms with van der Waals surface area (Å²) in [5.41, 5.74) is 7.53. The first-order valence-electron chi connectivity index (χ1n) is 7.39. The van der Waals surface area contributed by atoms with Crippen molar-refractivity contribution >= 4 is 11.6 Å². The normalized spacial score (nSPS) is 14.6. The first kappa shape index (κ1) is 16.5. The van der Waals surface area contributed by atoms with Gasteiger partial charge in [0.2, 0.25) is 0 Å². The summed E-state index contributed by atoms with van der Waals surface area (Å²) in [6.07, 6.45) is 3.36. The van der Waals surface area contributed by atoms with Crippen molar-refractivity contribution in [3.8, 4) is 0 Å². The predicted molar refractivity (Wildman–Crippen MR) is 84.6 cm³/mol. The summed E-state index contributed by atoms with van der Waals surface area (Å²) in [6, 6.07) is 8.43. The summed E-state index contributed by atoms with van der Waals surface area (Å²) < 4.78 is 0. The fourth-order valence-corrected chi connectivity index (χ4v) is 2.74. The van der Waals surface area contributed by atoms with Gasteiger partial charge in [0, 0.05) is 11.1 Å². The van der Waals surface area contributed by atoms with E-state index < -0.39 is 0 Å². The molecule has 0 fully saturated rings. The van der Waals surface area contributed by atoms with Crippen LogP contribution in [0.3, 0.4) is 0 Å². The van der Waals surface area contributed by atoms with Gasteiger partial charge in [0.1, 0.15) is 0 Å². The Hall–Kier alpha value is -0.570. The molecule has 19 heavy (non-hydrogen) atoms. The topological polar surface area (TPSA) is 29.3 Å². The van der Waals surface area contributed by atoms with Gasteiger partial charge in [0.05, 0.1) is 6.04 Å². The van der Waals surface area contributed by atoms with E-state index >= 15 is 0 Å². The Balaban J connectivity index is 3.03. The van der Waals surface area contributed by atoms with Gasteiger partial charge in [-0.15, -0.1) is 0 Å². The van der Waals surface area contributed by atoms with Gasteiger partial charge in [0.15, 0.2) is 0 Å². The van der Waals surface area contributed by atoms with Gasteiger partial charge in [-0.3, -0.25) is 4.90 Å². The highest BCUT2D eigenvalue weighted by Crippen LogP contribution is 2.30. The Bertz CT molecular complexity index is 368. The Morgan fingerprint density at radius 1 is 1.21 bits per heavy atom. The van der Waals surface area contributed by atoms with Gasteiger partial charge in [-0.05, 0) is 37.6 Å². The van der Waals surface area contributed by atoms with Crippen LogP contribution in [0.4, 0.5) is 0 Å². The maximum Gasteiger partial charge on any atom is 0.0513 e. The molecule has 0 radical (unpaired) electrons. The third-order valence-electron chi connectivity index (χ3n) is 3.70. The molecular weight excluding hydrogens is 256 g/mol. The maximum atomic E-state index is 6.37. The lowest BCUT2D eigenvalue weighted by molar-refractivity contribution is 0.175. The minimum Gasteiger partial charge on any atom is -0.326 e. The van der Waals surface area contributed by atoms with Crippen LogP contribution in [0.2, 0.25) is 5.02 Å². The molecule has 0 spiro atoms. The minimum absolute atomic E-state index is 0.122. The van der Waals surface area contributed by atoms with E-state index in [0.717, 1.165) is 30.1 Å². The van der Waals surface area contributed by atoms with Crippen LogP contribution in [-0.4, -0.2) is 24.0 Å². The van der Waals surface area contributed by atoms with Gasteiger partial charge in [-0.25, -0.2) is 0 Å². The fraction of sp³-hybridized carbons (Fsp3) is 0.625. The number of likely N-dealkylation sites (N-methyl/N-ethyl adjacent to an activating group) is 1.